The fourth-order valence-electron chi connectivity index (χ4n) is 2.27. The molecule has 1 N–H and O–H groups in total. The molecule has 4 nitrogen and oxygen atoms in total. The van der Waals surface area contributed by atoms with Crippen molar-refractivity contribution in [2.75, 3.05) is 26.9 Å². The van der Waals surface area contributed by atoms with Crippen molar-refractivity contribution in [2.24, 2.45) is 0 Å². The number of hydrogen-bond acceptors (Lipinski definition) is 4. The molecule has 0 bridgehead atoms. The minimum absolute atomic E-state index is 0. The second-order valence-corrected chi connectivity index (χ2v) is 6.71. The molecular formula is C19H24BrCl2NO3. The maximum Gasteiger partial charge on any atom is 0.175 e. The number of rotatable bonds is 10. The summed E-state index contributed by atoms with van der Waals surface area (Å²) in [6, 6.07) is 11.7. The second-order valence-electron chi connectivity index (χ2n) is 5.42. The molecule has 0 fully saturated rings. The Morgan fingerprint density at radius 1 is 1.08 bits per heavy atom. The molecule has 0 aromatic heterocycles. The number of halogens is 3. The van der Waals surface area contributed by atoms with E-state index < -0.39 is 0 Å². The van der Waals surface area contributed by atoms with E-state index in [2.05, 4.69) is 21.2 Å². The molecule has 0 aliphatic heterocycles. The third kappa shape index (κ3) is 7.33. The van der Waals surface area contributed by atoms with Crippen molar-refractivity contribution in [3.05, 3.63) is 57.0 Å². The molecule has 0 amide bonds. The largest absolute Gasteiger partial charge is 0.490 e. The summed E-state index contributed by atoms with van der Waals surface area (Å²) in [7, 11) is 1.69. The molecule has 0 atom stereocenters. The Hall–Kier alpha value is -0.980. The van der Waals surface area contributed by atoms with Crippen molar-refractivity contribution in [2.45, 2.75) is 20.1 Å². The van der Waals surface area contributed by atoms with Crippen molar-refractivity contribution in [1.29, 1.82) is 0 Å². The predicted octanol–water partition coefficient (Wildman–Crippen LogP) is 5.24. The summed E-state index contributed by atoms with van der Waals surface area (Å²) in [6.07, 6.45) is 0. The minimum Gasteiger partial charge on any atom is -0.490 e. The third-order valence-corrected chi connectivity index (χ3v) is 4.32. The molecular weight excluding hydrogens is 441 g/mol. The van der Waals surface area contributed by atoms with Crippen LogP contribution in [0, 0.1) is 0 Å². The normalized spacial score (nSPS) is 10.3. The van der Waals surface area contributed by atoms with Crippen LogP contribution >= 0.6 is 39.9 Å². The highest BCUT2D eigenvalue weighted by atomic mass is 79.9. The smallest absolute Gasteiger partial charge is 0.175 e. The van der Waals surface area contributed by atoms with Crippen LogP contribution in [0.1, 0.15) is 18.1 Å². The van der Waals surface area contributed by atoms with Crippen LogP contribution in [-0.2, 0) is 17.9 Å². The molecule has 0 saturated carbocycles. The average Bonchev–Trinajstić information content (AvgIpc) is 2.60. The molecule has 0 radical (unpaired) electrons. The first kappa shape index (κ1) is 23.1. The lowest BCUT2D eigenvalue weighted by molar-refractivity contribution is 0.199. The molecule has 7 heteroatoms. The van der Waals surface area contributed by atoms with Gasteiger partial charge in [0, 0.05) is 25.2 Å². The van der Waals surface area contributed by atoms with Crippen LogP contribution in [0.25, 0.3) is 0 Å². The number of hydrogen-bond donors (Lipinski definition) is 1. The summed E-state index contributed by atoms with van der Waals surface area (Å²) in [5.41, 5.74) is 2.16. The monoisotopic (exact) mass is 463 g/mol. The molecule has 2 rings (SSSR count). The fourth-order valence-corrected chi connectivity index (χ4v) is 3.00. The van der Waals surface area contributed by atoms with Gasteiger partial charge in [0.2, 0.25) is 0 Å². The molecule has 0 spiro atoms. The third-order valence-electron chi connectivity index (χ3n) is 3.48. The second kappa shape index (κ2) is 12.4. The van der Waals surface area contributed by atoms with E-state index in [0.29, 0.717) is 30.6 Å². The summed E-state index contributed by atoms with van der Waals surface area (Å²) in [5.74, 6) is 1.44. The minimum atomic E-state index is 0. The lowest BCUT2D eigenvalue weighted by Gasteiger charge is -2.16. The average molecular weight is 465 g/mol. The van der Waals surface area contributed by atoms with Gasteiger partial charge in [-0.2, -0.15) is 0 Å². The lowest BCUT2D eigenvalue weighted by atomic mass is 10.2. The van der Waals surface area contributed by atoms with Crippen molar-refractivity contribution in [3.8, 4) is 11.5 Å². The molecule has 0 aliphatic carbocycles. The number of benzene rings is 2. The molecule has 144 valence electrons. The standard InChI is InChI=1S/C19H23BrClNO3.ClH/c1-3-24-18-11-15(12-22-8-9-23-2)10-17(20)19(18)25-13-14-4-6-16(21)7-5-14;/h4-7,10-11,22H,3,8-9,12-13H2,1-2H3;1H. The van der Waals surface area contributed by atoms with Gasteiger partial charge in [-0.05, 0) is 58.2 Å². The van der Waals surface area contributed by atoms with Gasteiger partial charge in [-0.3, -0.25) is 0 Å². The Morgan fingerprint density at radius 2 is 1.81 bits per heavy atom. The Bertz CT molecular complexity index is 669. The van der Waals surface area contributed by atoms with Crippen molar-refractivity contribution in [3.63, 3.8) is 0 Å². The quantitative estimate of drug-likeness (QED) is 0.488. The van der Waals surface area contributed by atoms with Gasteiger partial charge in [-0.25, -0.2) is 0 Å². The molecule has 0 heterocycles. The topological polar surface area (TPSA) is 39.7 Å². The van der Waals surface area contributed by atoms with Gasteiger partial charge in [-0.1, -0.05) is 23.7 Å². The van der Waals surface area contributed by atoms with Crippen LogP contribution < -0.4 is 14.8 Å². The fraction of sp³-hybridized carbons (Fsp3) is 0.368. The summed E-state index contributed by atoms with van der Waals surface area (Å²) in [4.78, 5) is 0. The molecule has 2 aromatic rings. The molecule has 26 heavy (non-hydrogen) atoms. The zero-order valence-corrected chi connectivity index (χ0v) is 18.0. The van der Waals surface area contributed by atoms with E-state index in [4.69, 9.17) is 25.8 Å². The van der Waals surface area contributed by atoms with Gasteiger partial charge in [0.1, 0.15) is 6.61 Å². The van der Waals surface area contributed by atoms with Crippen LogP contribution in [-0.4, -0.2) is 26.9 Å². The Morgan fingerprint density at radius 3 is 2.46 bits per heavy atom. The van der Waals surface area contributed by atoms with Gasteiger partial charge < -0.3 is 19.5 Å². The maximum atomic E-state index is 5.99. The predicted molar refractivity (Wildman–Crippen MR) is 112 cm³/mol. The highest BCUT2D eigenvalue weighted by molar-refractivity contribution is 9.10. The molecule has 2 aromatic carbocycles. The number of methoxy groups -OCH3 is 1. The van der Waals surface area contributed by atoms with E-state index >= 15 is 0 Å². The highest BCUT2D eigenvalue weighted by Crippen LogP contribution is 2.37. The maximum absolute atomic E-state index is 5.99. The zero-order valence-electron chi connectivity index (χ0n) is 14.9. The van der Waals surface area contributed by atoms with Crippen molar-refractivity contribution in [1.82, 2.24) is 5.32 Å². The van der Waals surface area contributed by atoms with Crippen LogP contribution in [0.5, 0.6) is 11.5 Å². The zero-order chi connectivity index (χ0) is 18.1. The van der Waals surface area contributed by atoms with Crippen molar-refractivity contribution < 1.29 is 14.2 Å². The van der Waals surface area contributed by atoms with E-state index in [-0.39, 0.29) is 12.4 Å². The summed E-state index contributed by atoms with van der Waals surface area (Å²) >= 11 is 9.51. The van der Waals surface area contributed by atoms with Gasteiger partial charge in [0.25, 0.3) is 0 Å². The van der Waals surface area contributed by atoms with E-state index in [9.17, 15) is 0 Å². The van der Waals surface area contributed by atoms with Gasteiger partial charge >= 0.3 is 0 Å². The molecule has 0 aliphatic rings. The van der Waals surface area contributed by atoms with Crippen LogP contribution in [0.2, 0.25) is 5.02 Å². The summed E-state index contributed by atoms with van der Waals surface area (Å²) in [6.45, 7) is 5.19. The van der Waals surface area contributed by atoms with Crippen LogP contribution in [0.15, 0.2) is 40.9 Å². The molecule has 0 saturated heterocycles. The van der Waals surface area contributed by atoms with E-state index in [1.165, 1.54) is 0 Å². The van der Waals surface area contributed by atoms with Crippen LogP contribution in [0.4, 0.5) is 0 Å². The Balaban J connectivity index is 0.00000338. The number of nitrogens with one attached hydrogen (secondary N) is 1. The van der Waals surface area contributed by atoms with Gasteiger partial charge in [0.15, 0.2) is 11.5 Å². The van der Waals surface area contributed by atoms with E-state index in [1.807, 2.05) is 43.3 Å². The SMILES string of the molecule is CCOc1cc(CNCCOC)cc(Br)c1OCc1ccc(Cl)cc1.Cl. The lowest BCUT2D eigenvalue weighted by Crippen LogP contribution is -2.18. The number of ether oxygens (including phenoxy) is 3. The summed E-state index contributed by atoms with van der Waals surface area (Å²) in [5, 5.41) is 4.04. The highest BCUT2D eigenvalue weighted by Gasteiger charge is 2.12. The van der Waals surface area contributed by atoms with Crippen LogP contribution in [0.3, 0.4) is 0 Å². The van der Waals surface area contributed by atoms with Gasteiger partial charge in [-0.15, -0.1) is 12.4 Å². The summed E-state index contributed by atoms with van der Waals surface area (Å²) < 4.78 is 17.7. The first-order chi connectivity index (χ1) is 12.1. The first-order valence-corrected chi connectivity index (χ1v) is 9.33. The van der Waals surface area contributed by atoms with Crippen molar-refractivity contribution >= 4 is 39.9 Å². The van der Waals surface area contributed by atoms with Gasteiger partial charge in [0.05, 0.1) is 17.7 Å². The van der Waals surface area contributed by atoms with E-state index in [1.54, 1.807) is 7.11 Å². The Labute approximate surface area is 174 Å². The van der Waals surface area contributed by atoms with E-state index in [0.717, 1.165) is 34.4 Å². The first-order valence-electron chi connectivity index (χ1n) is 8.16. The molecule has 0 unspecified atom stereocenters. The Kier molecular flexibility index (Phi) is 11.0.